The maximum absolute atomic E-state index is 13.1. The molecule has 0 aromatic heterocycles. The van der Waals surface area contributed by atoms with E-state index in [2.05, 4.69) is 0 Å². The van der Waals surface area contributed by atoms with Crippen LogP contribution in [0.5, 0.6) is 5.75 Å². The van der Waals surface area contributed by atoms with Crippen LogP contribution in [0.2, 0.25) is 0 Å². The molecule has 5 nitrogen and oxygen atoms in total. The van der Waals surface area contributed by atoms with E-state index >= 15 is 0 Å². The molecule has 1 aromatic carbocycles. The number of hydrogen-bond donors (Lipinski definition) is 1. The molecule has 0 bridgehead atoms. The fourth-order valence-corrected chi connectivity index (χ4v) is 5.04. The minimum Gasteiger partial charge on any atom is -0.497 e. The molecule has 1 aromatic rings. The molecule has 0 unspecified atom stereocenters. The highest BCUT2D eigenvalue weighted by molar-refractivity contribution is 5.96. The molecule has 0 spiro atoms. The first-order valence-electron chi connectivity index (χ1n) is 10.4. The Morgan fingerprint density at radius 3 is 2.45 bits per heavy atom. The molecular formula is C24H32O5. The Labute approximate surface area is 173 Å². The molecule has 1 N–H and O–H groups in total. The molecular weight excluding hydrogens is 368 g/mol. The number of fused-ring (bicyclic) bond motifs is 1. The van der Waals surface area contributed by atoms with E-state index in [1.807, 2.05) is 27.7 Å². The number of methoxy groups -OCH3 is 1. The van der Waals surface area contributed by atoms with Crippen LogP contribution < -0.4 is 4.74 Å². The van der Waals surface area contributed by atoms with Crippen molar-refractivity contribution >= 4 is 11.8 Å². The molecule has 0 heterocycles. The topological polar surface area (TPSA) is 72.8 Å². The second-order valence-corrected chi connectivity index (χ2v) is 9.11. The summed E-state index contributed by atoms with van der Waals surface area (Å²) in [5.74, 6) is -0.228. The third-order valence-electron chi connectivity index (χ3n) is 6.99. The largest absolute Gasteiger partial charge is 0.497 e. The van der Waals surface area contributed by atoms with Crippen molar-refractivity contribution in [3.05, 3.63) is 41.5 Å². The van der Waals surface area contributed by atoms with E-state index in [1.165, 1.54) is 0 Å². The Kier molecular flexibility index (Phi) is 5.91. The first-order valence-corrected chi connectivity index (χ1v) is 10.4. The van der Waals surface area contributed by atoms with Gasteiger partial charge < -0.3 is 14.6 Å². The fraction of sp³-hybridized carbons (Fsp3) is 0.583. The summed E-state index contributed by atoms with van der Waals surface area (Å²) in [7, 11) is 1.57. The number of ether oxygens (including phenoxy) is 2. The van der Waals surface area contributed by atoms with Gasteiger partial charge in [-0.25, -0.2) is 4.79 Å². The summed E-state index contributed by atoms with van der Waals surface area (Å²) in [6.45, 7) is 7.80. The maximum atomic E-state index is 13.1. The van der Waals surface area contributed by atoms with Crippen molar-refractivity contribution in [2.24, 2.45) is 17.3 Å². The van der Waals surface area contributed by atoms with Crippen LogP contribution in [0.25, 0.3) is 0 Å². The minimum absolute atomic E-state index is 0.0294. The molecule has 0 saturated heterocycles. The van der Waals surface area contributed by atoms with Gasteiger partial charge >= 0.3 is 5.97 Å². The Bertz CT molecular complexity index is 809. The van der Waals surface area contributed by atoms with E-state index in [0.717, 1.165) is 5.57 Å². The third-order valence-corrected chi connectivity index (χ3v) is 6.99. The molecule has 4 atom stereocenters. The summed E-state index contributed by atoms with van der Waals surface area (Å²) >= 11 is 0. The molecule has 1 saturated carbocycles. The predicted molar refractivity (Wildman–Crippen MR) is 111 cm³/mol. The van der Waals surface area contributed by atoms with Crippen LogP contribution in [0.15, 0.2) is 35.9 Å². The highest BCUT2D eigenvalue weighted by atomic mass is 16.5. The summed E-state index contributed by atoms with van der Waals surface area (Å²) in [6.07, 6.45) is 3.56. The summed E-state index contributed by atoms with van der Waals surface area (Å²) in [5.41, 5.74) is -0.376. The highest BCUT2D eigenvalue weighted by Crippen LogP contribution is 2.56. The van der Waals surface area contributed by atoms with Crippen LogP contribution in [0.4, 0.5) is 0 Å². The molecule has 2 aliphatic rings. The van der Waals surface area contributed by atoms with Crippen molar-refractivity contribution in [2.75, 3.05) is 7.11 Å². The van der Waals surface area contributed by atoms with Crippen LogP contribution in [0, 0.1) is 17.3 Å². The lowest BCUT2D eigenvalue weighted by Crippen LogP contribution is -2.53. The van der Waals surface area contributed by atoms with E-state index in [-0.39, 0.29) is 11.7 Å². The summed E-state index contributed by atoms with van der Waals surface area (Å²) in [6, 6.07) is 6.77. The standard InChI is InChI=1S/C24H32O5/c1-15(2)24(27)13-12-23(4)20(25)14-16(3)6-11-19(21(23)24)29-22(26)17-7-9-18(28-5)10-8-17/h7-10,14-15,19,21,27H,6,11-13H2,1-5H3/t19-,21+,23+,24+/m0/s1. The number of benzene rings is 1. The lowest BCUT2D eigenvalue weighted by atomic mass is 9.65. The van der Waals surface area contributed by atoms with Crippen LogP contribution in [0.3, 0.4) is 0 Å². The van der Waals surface area contributed by atoms with E-state index in [1.54, 1.807) is 37.5 Å². The van der Waals surface area contributed by atoms with E-state index in [0.29, 0.717) is 37.0 Å². The van der Waals surface area contributed by atoms with Crippen molar-refractivity contribution in [3.8, 4) is 5.75 Å². The van der Waals surface area contributed by atoms with Gasteiger partial charge in [0.1, 0.15) is 11.9 Å². The number of carbonyl (C=O) groups is 2. The van der Waals surface area contributed by atoms with Crippen LogP contribution >= 0.6 is 0 Å². The fourth-order valence-electron chi connectivity index (χ4n) is 5.04. The summed E-state index contributed by atoms with van der Waals surface area (Å²) in [4.78, 5) is 26.0. The number of carbonyl (C=O) groups excluding carboxylic acids is 2. The number of allylic oxidation sites excluding steroid dienone is 2. The van der Waals surface area contributed by atoms with Gasteiger partial charge in [-0.05, 0) is 68.9 Å². The van der Waals surface area contributed by atoms with Gasteiger partial charge in [0.05, 0.1) is 18.3 Å². The molecule has 3 rings (SSSR count). The number of aliphatic hydroxyl groups is 1. The highest BCUT2D eigenvalue weighted by Gasteiger charge is 2.61. The average molecular weight is 401 g/mol. The number of hydrogen-bond acceptors (Lipinski definition) is 5. The zero-order chi connectivity index (χ0) is 21.4. The van der Waals surface area contributed by atoms with Crippen molar-refractivity contribution in [2.45, 2.75) is 65.1 Å². The van der Waals surface area contributed by atoms with Crippen LogP contribution in [0.1, 0.15) is 63.7 Å². The molecule has 29 heavy (non-hydrogen) atoms. The van der Waals surface area contributed by atoms with Gasteiger partial charge in [-0.15, -0.1) is 0 Å². The van der Waals surface area contributed by atoms with Crippen molar-refractivity contribution in [3.63, 3.8) is 0 Å². The lowest BCUT2D eigenvalue weighted by molar-refractivity contribution is -0.143. The normalized spacial score (nSPS) is 32.2. The van der Waals surface area contributed by atoms with E-state index in [9.17, 15) is 14.7 Å². The zero-order valence-electron chi connectivity index (χ0n) is 18.0. The second kappa shape index (κ2) is 7.94. The Morgan fingerprint density at radius 2 is 1.86 bits per heavy atom. The van der Waals surface area contributed by atoms with Gasteiger partial charge in [0.15, 0.2) is 5.78 Å². The molecule has 2 aliphatic carbocycles. The molecule has 158 valence electrons. The van der Waals surface area contributed by atoms with Crippen LogP contribution in [-0.2, 0) is 9.53 Å². The number of ketones is 1. The van der Waals surface area contributed by atoms with E-state index < -0.39 is 29.0 Å². The third kappa shape index (κ3) is 3.85. The smallest absolute Gasteiger partial charge is 0.338 e. The SMILES string of the molecule is COc1ccc(C(=O)O[C@H]2CCC(C)=CC(=O)[C@@]3(C)CC[C@@](O)(C(C)C)[C@H]23)cc1. The molecule has 0 aliphatic heterocycles. The molecule has 0 amide bonds. The number of rotatable bonds is 4. The zero-order valence-corrected chi connectivity index (χ0v) is 18.0. The van der Waals surface area contributed by atoms with Crippen molar-refractivity contribution in [1.29, 1.82) is 0 Å². The van der Waals surface area contributed by atoms with Gasteiger partial charge in [0.25, 0.3) is 0 Å². The van der Waals surface area contributed by atoms with Gasteiger partial charge in [-0.3, -0.25) is 4.79 Å². The maximum Gasteiger partial charge on any atom is 0.338 e. The first-order chi connectivity index (χ1) is 13.6. The van der Waals surface area contributed by atoms with Crippen molar-refractivity contribution in [1.82, 2.24) is 0 Å². The van der Waals surface area contributed by atoms with E-state index in [4.69, 9.17) is 9.47 Å². The van der Waals surface area contributed by atoms with Gasteiger partial charge in [-0.2, -0.15) is 0 Å². The predicted octanol–water partition coefficient (Wildman–Crippen LogP) is 4.33. The van der Waals surface area contributed by atoms with Gasteiger partial charge in [-0.1, -0.05) is 26.3 Å². The monoisotopic (exact) mass is 400 g/mol. The van der Waals surface area contributed by atoms with Crippen LogP contribution in [-0.4, -0.2) is 35.7 Å². The molecule has 0 radical (unpaired) electrons. The summed E-state index contributed by atoms with van der Waals surface area (Å²) < 4.78 is 11.1. The van der Waals surface area contributed by atoms with Gasteiger partial charge in [0.2, 0.25) is 0 Å². The second-order valence-electron chi connectivity index (χ2n) is 9.11. The Hall–Kier alpha value is -2.14. The first kappa shape index (κ1) is 21.6. The average Bonchev–Trinajstić information content (AvgIpc) is 2.97. The Balaban J connectivity index is 1.96. The summed E-state index contributed by atoms with van der Waals surface area (Å²) in [5, 5.41) is 11.6. The van der Waals surface area contributed by atoms with Crippen molar-refractivity contribution < 1.29 is 24.2 Å². The molecule has 5 heteroatoms. The minimum atomic E-state index is -1.05. The number of esters is 1. The Morgan fingerprint density at radius 1 is 1.21 bits per heavy atom. The quantitative estimate of drug-likeness (QED) is 0.762. The lowest BCUT2D eigenvalue weighted by Gasteiger charge is -2.44. The van der Waals surface area contributed by atoms with Gasteiger partial charge in [0, 0.05) is 11.3 Å². The molecule has 1 fully saturated rings.